The monoisotopic (exact) mass is 210 g/mol. The number of halogens is 1. The topological polar surface area (TPSA) is 0 Å². The summed E-state index contributed by atoms with van der Waals surface area (Å²) in [6, 6.07) is 8.20. The largest absolute Gasteiger partial charge is 0.212 e. The fourth-order valence-corrected chi connectivity index (χ4v) is 1.66. The van der Waals surface area contributed by atoms with Gasteiger partial charge < -0.3 is 0 Å². The lowest BCUT2D eigenvalue weighted by atomic mass is 10.1. The van der Waals surface area contributed by atoms with E-state index < -0.39 is 0 Å². The van der Waals surface area contributed by atoms with E-state index in [-0.39, 0.29) is 5.83 Å². The summed E-state index contributed by atoms with van der Waals surface area (Å²) in [7, 11) is 0. The van der Waals surface area contributed by atoms with Crippen LogP contribution in [0.4, 0.5) is 4.39 Å². The van der Waals surface area contributed by atoms with E-state index in [1.165, 1.54) is 10.5 Å². The molecular formula is C12H15FS. The van der Waals surface area contributed by atoms with Gasteiger partial charge in [0.05, 0.1) is 5.83 Å². The number of allylic oxidation sites excluding steroid dienone is 2. The molecule has 76 valence electrons. The summed E-state index contributed by atoms with van der Waals surface area (Å²) in [6.07, 6.45) is 4.87. The first-order valence-corrected chi connectivity index (χ1v) is 5.96. The zero-order valence-corrected chi connectivity index (χ0v) is 9.40. The quantitative estimate of drug-likeness (QED) is 0.671. The Morgan fingerprint density at radius 3 is 2.93 bits per heavy atom. The minimum absolute atomic E-state index is 0.0282. The summed E-state index contributed by atoms with van der Waals surface area (Å²) in [6.45, 7) is 1.82. The van der Waals surface area contributed by atoms with Crippen LogP contribution in [0.25, 0.3) is 0 Å². The third-order valence-electron chi connectivity index (χ3n) is 2.03. The average molecular weight is 210 g/mol. The van der Waals surface area contributed by atoms with Crippen molar-refractivity contribution in [3.63, 3.8) is 0 Å². The molecule has 1 aromatic rings. The van der Waals surface area contributed by atoms with Crippen molar-refractivity contribution in [2.24, 2.45) is 0 Å². The van der Waals surface area contributed by atoms with Gasteiger partial charge in [-0.05, 0) is 42.9 Å². The number of hydrogen-bond acceptors (Lipinski definition) is 1. The molecule has 0 nitrogen and oxygen atoms in total. The molecule has 14 heavy (non-hydrogen) atoms. The molecule has 0 saturated carbocycles. The van der Waals surface area contributed by atoms with E-state index in [4.69, 9.17) is 0 Å². The third kappa shape index (κ3) is 3.54. The first kappa shape index (κ1) is 11.3. The lowest BCUT2D eigenvalue weighted by Gasteiger charge is -2.00. The van der Waals surface area contributed by atoms with Crippen LogP contribution in [-0.4, -0.2) is 6.26 Å². The van der Waals surface area contributed by atoms with Crippen LogP contribution >= 0.6 is 11.8 Å². The smallest absolute Gasteiger partial charge is 0.0960 e. The summed E-state index contributed by atoms with van der Waals surface area (Å²) in [4.78, 5) is 1.23. The molecule has 0 aliphatic heterocycles. The highest BCUT2D eigenvalue weighted by Crippen LogP contribution is 2.16. The van der Waals surface area contributed by atoms with Crippen LogP contribution in [0.1, 0.15) is 18.9 Å². The maximum Gasteiger partial charge on any atom is 0.0960 e. The van der Waals surface area contributed by atoms with Crippen LogP contribution in [0.15, 0.2) is 41.1 Å². The van der Waals surface area contributed by atoms with E-state index in [0.29, 0.717) is 12.8 Å². The van der Waals surface area contributed by atoms with Crippen molar-refractivity contribution in [1.29, 1.82) is 0 Å². The van der Waals surface area contributed by atoms with E-state index in [2.05, 4.69) is 12.1 Å². The summed E-state index contributed by atoms with van der Waals surface area (Å²) in [5.74, 6) is -0.0282. The Morgan fingerprint density at radius 1 is 1.50 bits per heavy atom. The molecule has 0 aliphatic rings. The van der Waals surface area contributed by atoms with Crippen molar-refractivity contribution >= 4 is 11.8 Å². The van der Waals surface area contributed by atoms with Crippen LogP contribution in [0.5, 0.6) is 0 Å². The molecule has 0 aliphatic carbocycles. The maximum atomic E-state index is 12.9. The van der Waals surface area contributed by atoms with Crippen LogP contribution in [0, 0.1) is 0 Å². The van der Waals surface area contributed by atoms with Crippen molar-refractivity contribution in [2.75, 3.05) is 6.26 Å². The summed E-state index contributed by atoms with van der Waals surface area (Å²) in [5, 5.41) is 0. The van der Waals surface area contributed by atoms with Gasteiger partial charge in [-0.2, -0.15) is 0 Å². The lowest BCUT2D eigenvalue weighted by Crippen LogP contribution is -1.82. The third-order valence-corrected chi connectivity index (χ3v) is 2.76. The summed E-state index contributed by atoms with van der Waals surface area (Å²) in [5.41, 5.74) is 1.17. The normalized spacial score (nSPS) is 11.8. The van der Waals surface area contributed by atoms with Gasteiger partial charge in [-0.3, -0.25) is 0 Å². The molecule has 0 spiro atoms. The van der Waals surface area contributed by atoms with E-state index >= 15 is 0 Å². The highest BCUT2D eigenvalue weighted by atomic mass is 32.2. The van der Waals surface area contributed by atoms with Gasteiger partial charge in [0.15, 0.2) is 0 Å². The second-order valence-corrected chi connectivity index (χ2v) is 3.94. The molecule has 0 heterocycles. The first-order chi connectivity index (χ1) is 6.76. The molecule has 0 amide bonds. The van der Waals surface area contributed by atoms with Gasteiger partial charge in [0.2, 0.25) is 0 Å². The Hall–Kier alpha value is -0.760. The van der Waals surface area contributed by atoms with Crippen LogP contribution in [0.3, 0.4) is 0 Å². The number of hydrogen-bond donors (Lipinski definition) is 0. The van der Waals surface area contributed by atoms with Crippen molar-refractivity contribution in [3.8, 4) is 0 Å². The average Bonchev–Trinajstić information content (AvgIpc) is 2.26. The molecule has 1 rings (SSSR count). The predicted octanol–water partition coefficient (Wildman–Crippen LogP) is 4.21. The van der Waals surface area contributed by atoms with E-state index in [1.54, 1.807) is 17.8 Å². The molecule has 2 heteroatoms. The Balaban J connectivity index is 2.67. The highest BCUT2D eigenvalue weighted by molar-refractivity contribution is 7.98. The van der Waals surface area contributed by atoms with E-state index in [0.717, 1.165) is 0 Å². The van der Waals surface area contributed by atoms with Crippen molar-refractivity contribution in [3.05, 3.63) is 41.7 Å². The van der Waals surface area contributed by atoms with Gasteiger partial charge in [-0.25, -0.2) is 4.39 Å². The summed E-state index contributed by atoms with van der Waals surface area (Å²) >= 11 is 1.71. The SMILES string of the molecule is CC/C(F)=C\Cc1cccc(SC)c1. The fourth-order valence-electron chi connectivity index (χ4n) is 1.17. The van der Waals surface area contributed by atoms with Gasteiger partial charge in [-0.1, -0.05) is 19.1 Å². The second-order valence-electron chi connectivity index (χ2n) is 3.06. The van der Waals surface area contributed by atoms with Crippen molar-refractivity contribution in [1.82, 2.24) is 0 Å². The highest BCUT2D eigenvalue weighted by Gasteiger charge is 1.94. The fraction of sp³-hybridized carbons (Fsp3) is 0.333. The number of benzene rings is 1. The molecule has 0 bridgehead atoms. The number of thioether (sulfide) groups is 1. The predicted molar refractivity (Wildman–Crippen MR) is 61.4 cm³/mol. The van der Waals surface area contributed by atoms with E-state index in [1.807, 2.05) is 25.3 Å². The zero-order valence-electron chi connectivity index (χ0n) is 8.59. The summed E-state index contributed by atoms with van der Waals surface area (Å²) < 4.78 is 12.9. The molecule has 0 atom stereocenters. The Labute approximate surface area is 89.2 Å². The van der Waals surface area contributed by atoms with Crippen LogP contribution in [0.2, 0.25) is 0 Å². The molecule has 0 N–H and O–H groups in total. The molecular weight excluding hydrogens is 195 g/mol. The molecule has 0 radical (unpaired) electrons. The minimum Gasteiger partial charge on any atom is -0.212 e. The second kappa shape index (κ2) is 5.86. The first-order valence-electron chi connectivity index (χ1n) is 4.73. The van der Waals surface area contributed by atoms with E-state index in [9.17, 15) is 4.39 Å². The minimum atomic E-state index is -0.0282. The molecule has 1 aromatic carbocycles. The Bertz CT molecular complexity index is 318. The van der Waals surface area contributed by atoms with Crippen LogP contribution in [-0.2, 0) is 6.42 Å². The molecule has 0 unspecified atom stereocenters. The lowest BCUT2D eigenvalue weighted by molar-refractivity contribution is 0.600. The van der Waals surface area contributed by atoms with Crippen LogP contribution < -0.4 is 0 Å². The molecule has 0 aromatic heterocycles. The van der Waals surface area contributed by atoms with Gasteiger partial charge in [0.25, 0.3) is 0 Å². The standard InChI is InChI=1S/C12H15FS/c1-3-11(13)8-7-10-5-4-6-12(9-10)14-2/h4-6,8-9H,3,7H2,1-2H3/b11-8+. The zero-order chi connectivity index (χ0) is 10.4. The number of rotatable bonds is 4. The van der Waals surface area contributed by atoms with Gasteiger partial charge in [0.1, 0.15) is 0 Å². The van der Waals surface area contributed by atoms with Gasteiger partial charge in [-0.15, -0.1) is 11.8 Å². The molecule has 0 fully saturated rings. The maximum absolute atomic E-state index is 12.9. The Kier molecular flexibility index (Phi) is 4.74. The Morgan fingerprint density at radius 2 is 2.29 bits per heavy atom. The van der Waals surface area contributed by atoms with Crippen molar-refractivity contribution in [2.45, 2.75) is 24.7 Å². The van der Waals surface area contributed by atoms with Gasteiger partial charge in [0, 0.05) is 4.90 Å². The van der Waals surface area contributed by atoms with Gasteiger partial charge >= 0.3 is 0 Å². The van der Waals surface area contributed by atoms with Crippen molar-refractivity contribution < 1.29 is 4.39 Å². The molecule has 0 saturated heterocycles.